The Bertz CT molecular complexity index is 637. The second-order valence-electron chi connectivity index (χ2n) is 4.70. The Kier molecular flexibility index (Phi) is 4.35. The summed E-state index contributed by atoms with van der Waals surface area (Å²) in [4.78, 5) is 17.8. The average Bonchev–Trinajstić information content (AvgIpc) is 2.46. The lowest BCUT2D eigenvalue weighted by Crippen LogP contribution is -2.19. The number of benzene rings is 1. The molecule has 0 fully saturated rings. The van der Waals surface area contributed by atoms with Crippen molar-refractivity contribution in [1.29, 1.82) is 0 Å². The second kappa shape index (κ2) is 6.19. The highest BCUT2D eigenvalue weighted by Gasteiger charge is 2.10. The van der Waals surface area contributed by atoms with E-state index in [2.05, 4.69) is 16.5 Å². The van der Waals surface area contributed by atoms with Crippen molar-refractivity contribution in [3.63, 3.8) is 0 Å². The molecule has 1 aromatic heterocycles. The minimum absolute atomic E-state index is 0.288. The Morgan fingerprint density at radius 2 is 2.20 bits per heavy atom. The van der Waals surface area contributed by atoms with Gasteiger partial charge in [0.2, 0.25) is 0 Å². The van der Waals surface area contributed by atoms with Gasteiger partial charge in [-0.1, -0.05) is 12.1 Å². The van der Waals surface area contributed by atoms with Gasteiger partial charge in [0, 0.05) is 19.0 Å². The number of hydrogen-bond donors (Lipinski definition) is 1. The van der Waals surface area contributed by atoms with Gasteiger partial charge < -0.3 is 10.0 Å². The Labute approximate surface area is 118 Å². The Balaban J connectivity index is 2.30. The quantitative estimate of drug-likeness (QED) is 0.646. The maximum atomic E-state index is 11.2. The molecule has 4 nitrogen and oxygen atoms in total. The van der Waals surface area contributed by atoms with E-state index in [-0.39, 0.29) is 5.56 Å². The number of hydrogen-bond acceptors (Lipinski definition) is 3. The number of unbranched alkanes of at least 4 members (excludes halogenated alkanes) is 1. The highest BCUT2D eigenvalue weighted by molar-refractivity contribution is 6.02. The number of rotatable bonds is 6. The summed E-state index contributed by atoms with van der Waals surface area (Å²) >= 11 is 0. The Hall–Kier alpha value is -2.36. The summed E-state index contributed by atoms with van der Waals surface area (Å²) in [6.07, 6.45) is 3.90. The zero-order valence-electron chi connectivity index (χ0n) is 11.5. The first-order valence-corrected chi connectivity index (χ1v) is 6.58. The van der Waals surface area contributed by atoms with Gasteiger partial charge in [-0.3, -0.25) is 0 Å². The molecule has 0 bridgehead atoms. The number of allylic oxidation sites excluding steroid dienone is 1. The van der Waals surface area contributed by atoms with Gasteiger partial charge in [0.1, 0.15) is 5.82 Å². The van der Waals surface area contributed by atoms with Crippen LogP contribution in [0.3, 0.4) is 0 Å². The van der Waals surface area contributed by atoms with Crippen molar-refractivity contribution in [2.45, 2.75) is 12.8 Å². The van der Waals surface area contributed by atoms with Gasteiger partial charge >= 0.3 is 5.97 Å². The molecule has 0 radical (unpaired) electrons. The summed E-state index contributed by atoms with van der Waals surface area (Å²) in [7, 11) is 1.98. The van der Waals surface area contributed by atoms with Gasteiger partial charge in [-0.15, -0.1) is 6.58 Å². The third-order valence-electron chi connectivity index (χ3n) is 3.24. The molecule has 0 aliphatic carbocycles. The third-order valence-corrected chi connectivity index (χ3v) is 3.24. The fraction of sp³-hybridized carbons (Fsp3) is 0.250. The number of carboxylic acid groups (broad SMARTS) is 1. The second-order valence-corrected chi connectivity index (χ2v) is 4.70. The topological polar surface area (TPSA) is 53.4 Å². The van der Waals surface area contributed by atoms with Crippen LogP contribution in [0.25, 0.3) is 10.9 Å². The molecular weight excluding hydrogens is 252 g/mol. The summed E-state index contributed by atoms with van der Waals surface area (Å²) in [5, 5.41) is 9.83. The lowest BCUT2D eigenvalue weighted by atomic mass is 10.1. The number of aromatic carboxylic acids is 1. The van der Waals surface area contributed by atoms with Crippen molar-refractivity contribution in [2.75, 3.05) is 18.5 Å². The fourth-order valence-electron chi connectivity index (χ4n) is 2.13. The van der Waals surface area contributed by atoms with E-state index in [1.807, 2.05) is 31.3 Å². The molecule has 1 N–H and O–H groups in total. The van der Waals surface area contributed by atoms with Crippen LogP contribution in [0.1, 0.15) is 23.2 Å². The number of aromatic nitrogens is 1. The molecule has 2 aromatic rings. The van der Waals surface area contributed by atoms with Crippen LogP contribution >= 0.6 is 0 Å². The fourth-order valence-corrected chi connectivity index (χ4v) is 2.13. The number of anilines is 1. The lowest BCUT2D eigenvalue weighted by Gasteiger charge is -2.18. The van der Waals surface area contributed by atoms with E-state index in [9.17, 15) is 4.79 Å². The molecular formula is C16H18N2O2. The first-order valence-electron chi connectivity index (χ1n) is 6.58. The summed E-state index contributed by atoms with van der Waals surface area (Å²) in [5.41, 5.74) is 0.994. The van der Waals surface area contributed by atoms with Crippen molar-refractivity contribution in [3.8, 4) is 0 Å². The molecule has 0 saturated carbocycles. The van der Waals surface area contributed by atoms with E-state index in [1.54, 1.807) is 12.1 Å². The van der Waals surface area contributed by atoms with Gasteiger partial charge in [0.25, 0.3) is 0 Å². The highest BCUT2D eigenvalue weighted by Crippen LogP contribution is 2.21. The maximum absolute atomic E-state index is 11.2. The SMILES string of the molecule is C=CCCCN(C)c1ccc2c(C(=O)O)cccc2n1. The molecule has 20 heavy (non-hydrogen) atoms. The van der Waals surface area contributed by atoms with Crippen LogP contribution in [0, 0.1) is 0 Å². The van der Waals surface area contributed by atoms with Crippen LogP contribution in [-0.2, 0) is 0 Å². The van der Waals surface area contributed by atoms with Crippen LogP contribution in [0.15, 0.2) is 43.0 Å². The van der Waals surface area contributed by atoms with Crippen molar-refractivity contribution in [3.05, 3.63) is 48.6 Å². The predicted octanol–water partition coefficient (Wildman–Crippen LogP) is 3.34. The first kappa shape index (κ1) is 14.1. The van der Waals surface area contributed by atoms with Gasteiger partial charge in [-0.05, 0) is 37.1 Å². The lowest BCUT2D eigenvalue weighted by molar-refractivity contribution is 0.0699. The van der Waals surface area contributed by atoms with Crippen molar-refractivity contribution < 1.29 is 9.90 Å². The maximum Gasteiger partial charge on any atom is 0.336 e. The van der Waals surface area contributed by atoms with Gasteiger partial charge in [0.05, 0.1) is 11.1 Å². The average molecular weight is 270 g/mol. The van der Waals surface area contributed by atoms with Crippen LogP contribution < -0.4 is 4.90 Å². The van der Waals surface area contributed by atoms with Crippen LogP contribution in [0.4, 0.5) is 5.82 Å². The van der Waals surface area contributed by atoms with E-state index < -0.39 is 5.97 Å². The standard InChI is InChI=1S/C16H18N2O2/c1-3-4-5-11-18(2)15-10-9-12-13(16(19)20)7-6-8-14(12)17-15/h3,6-10H,1,4-5,11H2,2H3,(H,19,20). The molecule has 1 heterocycles. The number of pyridine rings is 1. The monoisotopic (exact) mass is 270 g/mol. The van der Waals surface area contributed by atoms with E-state index in [1.165, 1.54) is 0 Å². The molecule has 104 valence electrons. The van der Waals surface area contributed by atoms with Gasteiger partial charge in [-0.25, -0.2) is 9.78 Å². The summed E-state index contributed by atoms with van der Waals surface area (Å²) in [5.74, 6) is -0.0754. The molecule has 0 aliphatic heterocycles. The Morgan fingerprint density at radius 3 is 2.90 bits per heavy atom. The zero-order chi connectivity index (χ0) is 14.5. The van der Waals surface area contributed by atoms with Crippen LogP contribution in [0.2, 0.25) is 0 Å². The van der Waals surface area contributed by atoms with E-state index >= 15 is 0 Å². The van der Waals surface area contributed by atoms with E-state index in [4.69, 9.17) is 5.11 Å². The highest BCUT2D eigenvalue weighted by atomic mass is 16.4. The van der Waals surface area contributed by atoms with E-state index in [0.29, 0.717) is 10.9 Å². The van der Waals surface area contributed by atoms with Gasteiger partial charge in [-0.2, -0.15) is 0 Å². The molecule has 1 aromatic carbocycles. The summed E-state index contributed by atoms with van der Waals surface area (Å²) in [6.45, 7) is 4.60. The van der Waals surface area contributed by atoms with E-state index in [0.717, 1.165) is 25.2 Å². The van der Waals surface area contributed by atoms with Crippen molar-refractivity contribution in [2.24, 2.45) is 0 Å². The number of carbonyl (C=O) groups is 1. The first-order chi connectivity index (χ1) is 9.63. The summed E-state index contributed by atoms with van der Waals surface area (Å²) in [6, 6.07) is 8.84. The van der Waals surface area contributed by atoms with Crippen molar-refractivity contribution >= 4 is 22.7 Å². The third kappa shape index (κ3) is 2.96. The smallest absolute Gasteiger partial charge is 0.336 e. The Morgan fingerprint density at radius 1 is 1.40 bits per heavy atom. The molecule has 0 unspecified atom stereocenters. The number of nitrogens with zero attached hydrogens (tertiary/aromatic N) is 2. The predicted molar refractivity (Wildman–Crippen MR) is 81.4 cm³/mol. The van der Waals surface area contributed by atoms with Crippen LogP contribution in [-0.4, -0.2) is 29.7 Å². The van der Waals surface area contributed by atoms with Gasteiger partial charge in [0.15, 0.2) is 0 Å². The van der Waals surface area contributed by atoms with Crippen LogP contribution in [0.5, 0.6) is 0 Å². The molecule has 0 atom stereocenters. The van der Waals surface area contributed by atoms with Crippen molar-refractivity contribution in [1.82, 2.24) is 4.98 Å². The largest absolute Gasteiger partial charge is 0.478 e. The molecule has 4 heteroatoms. The molecule has 0 amide bonds. The number of fused-ring (bicyclic) bond motifs is 1. The molecule has 0 saturated heterocycles. The normalized spacial score (nSPS) is 10.4. The molecule has 2 rings (SSSR count). The minimum atomic E-state index is -0.926. The minimum Gasteiger partial charge on any atom is -0.478 e. The number of carboxylic acids is 1. The molecule has 0 aliphatic rings. The molecule has 0 spiro atoms. The zero-order valence-corrected chi connectivity index (χ0v) is 11.5. The summed E-state index contributed by atoms with van der Waals surface area (Å²) < 4.78 is 0.